The van der Waals surface area contributed by atoms with E-state index in [4.69, 9.17) is 18.9 Å². The van der Waals surface area contributed by atoms with Gasteiger partial charge >= 0.3 is 5.97 Å². The van der Waals surface area contributed by atoms with Crippen LogP contribution >= 0.6 is 11.3 Å². The first kappa shape index (κ1) is 19.7. The Bertz CT molecular complexity index is 1220. The highest BCUT2D eigenvalue weighted by atomic mass is 32.1. The number of carbonyl (C=O) groups is 2. The molecular weight excluding hydrogens is 408 g/mol. The van der Waals surface area contributed by atoms with Crippen molar-refractivity contribution in [1.29, 1.82) is 0 Å². The molecule has 0 radical (unpaired) electrons. The van der Waals surface area contributed by atoms with Gasteiger partial charge in [-0.05, 0) is 42.0 Å². The van der Waals surface area contributed by atoms with Crippen molar-refractivity contribution in [2.24, 2.45) is 4.99 Å². The lowest BCUT2D eigenvalue weighted by Crippen LogP contribution is -2.22. The summed E-state index contributed by atoms with van der Waals surface area (Å²) in [4.78, 5) is 28.9. The van der Waals surface area contributed by atoms with E-state index in [1.807, 2.05) is 18.2 Å². The smallest absolute Gasteiger partial charge is 0.325 e. The van der Waals surface area contributed by atoms with Gasteiger partial charge in [-0.1, -0.05) is 17.4 Å². The van der Waals surface area contributed by atoms with Crippen molar-refractivity contribution in [2.75, 3.05) is 21.0 Å². The molecule has 0 aliphatic carbocycles. The van der Waals surface area contributed by atoms with Crippen LogP contribution in [0.1, 0.15) is 5.56 Å². The minimum atomic E-state index is -0.454. The minimum absolute atomic E-state index is 0.0547. The van der Waals surface area contributed by atoms with Gasteiger partial charge in [0.15, 0.2) is 16.3 Å². The van der Waals surface area contributed by atoms with Gasteiger partial charge in [-0.2, -0.15) is 4.99 Å². The highest BCUT2D eigenvalue weighted by Crippen LogP contribution is 2.32. The van der Waals surface area contributed by atoms with Crippen molar-refractivity contribution in [3.63, 3.8) is 0 Å². The van der Waals surface area contributed by atoms with E-state index in [-0.39, 0.29) is 13.3 Å². The van der Waals surface area contributed by atoms with Crippen molar-refractivity contribution < 1.29 is 28.5 Å². The summed E-state index contributed by atoms with van der Waals surface area (Å²) in [6.07, 6.45) is 3.01. The molecule has 1 aromatic heterocycles. The zero-order valence-electron chi connectivity index (χ0n) is 16.3. The Labute approximate surface area is 175 Å². The molecule has 1 amide bonds. The summed E-state index contributed by atoms with van der Waals surface area (Å²) in [5, 5.41) is 0. The molecule has 0 saturated heterocycles. The maximum atomic E-state index is 12.5. The van der Waals surface area contributed by atoms with Crippen LogP contribution in [0.5, 0.6) is 17.2 Å². The Morgan fingerprint density at radius 2 is 2.00 bits per heavy atom. The third kappa shape index (κ3) is 4.06. The van der Waals surface area contributed by atoms with Crippen LogP contribution in [0.25, 0.3) is 16.3 Å². The van der Waals surface area contributed by atoms with E-state index in [0.717, 1.165) is 15.8 Å². The average molecular weight is 426 g/mol. The Balaban J connectivity index is 1.67. The summed E-state index contributed by atoms with van der Waals surface area (Å²) in [5.41, 5.74) is 1.55. The molecule has 0 N–H and O–H groups in total. The van der Waals surface area contributed by atoms with Crippen molar-refractivity contribution in [2.45, 2.75) is 6.54 Å². The molecule has 2 heterocycles. The molecule has 8 nitrogen and oxygen atoms in total. The van der Waals surface area contributed by atoms with Gasteiger partial charge in [0.2, 0.25) is 6.79 Å². The molecule has 2 aromatic carbocycles. The van der Waals surface area contributed by atoms with Crippen LogP contribution in [-0.2, 0) is 20.9 Å². The number of thiazole rings is 1. The van der Waals surface area contributed by atoms with E-state index in [0.29, 0.717) is 22.0 Å². The van der Waals surface area contributed by atoms with Crippen LogP contribution in [0.4, 0.5) is 0 Å². The molecule has 0 unspecified atom stereocenters. The second-order valence-electron chi connectivity index (χ2n) is 6.28. The summed E-state index contributed by atoms with van der Waals surface area (Å²) in [6, 6.07) is 10.8. The van der Waals surface area contributed by atoms with Crippen molar-refractivity contribution in [3.8, 4) is 17.2 Å². The lowest BCUT2D eigenvalue weighted by atomic mass is 10.2. The molecule has 154 valence electrons. The first-order chi connectivity index (χ1) is 14.6. The molecule has 0 saturated carbocycles. The standard InChI is InChI=1S/C21H18N2O6S/c1-26-14-5-6-15-18(10-14)30-21(23(15)11-20(25)27-2)22-19(24)8-4-13-3-7-16-17(9-13)29-12-28-16/h3-10H,11-12H2,1-2H3/b8-4-,22-21?. The quantitative estimate of drug-likeness (QED) is 0.461. The zero-order chi connectivity index (χ0) is 21.1. The van der Waals surface area contributed by atoms with Gasteiger partial charge in [0, 0.05) is 6.08 Å². The van der Waals surface area contributed by atoms with Gasteiger partial charge in [0.05, 0.1) is 24.4 Å². The minimum Gasteiger partial charge on any atom is -0.497 e. The number of carbonyl (C=O) groups excluding carboxylic acids is 2. The Morgan fingerprint density at radius 1 is 1.17 bits per heavy atom. The van der Waals surface area contributed by atoms with Crippen LogP contribution in [-0.4, -0.2) is 37.5 Å². The fourth-order valence-electron chi connectivity index (χ4n) is 2.93. The molecule has 0 bridgehead atoms. The van der Waals surface area contributed by atoms with Gasteiger partial charge in [0.1, 0.15) is 12.3 Å². The number of amides is 1. The Morgan fingerprint density at radius 3 is 2.80 bits per heavy atom. The number of hydrogen-bond donors (Lipinski definition) is 0. The van der Waals surface area contributed by atoms with Crippen LogP contribution < -0.4 is 19.0 Å². The molecule has 0 atom stereocenters. The number of aromatic nitrogens is 1. The highest BCUT2D eigenvalue weighted by Gasteiger charge is 2.13. The summed E-state index contributed by atoms with van der Waals surface area (Å²) in [5.74, 6) is 1.10. The van der Waals surface area contributed by atoms with E-state index < -0.39 is 11.9 Å². The number of nitrogens with zero attached hydrogens (tertiary/aromatic N) is 2. The second-order valence-corrected chi connectivity index (χ2v) is 7.29. The number of fused-ring (bicyclic) bond motifs is 2. The fraction of sp³-hybridized carbons (Fsp3) is 0.190. The zero-order valence-corrected chi connectivity index (χ0v) is 17.1. The van der Waals surface area contributed by atoms with Crippen molar-refractivity contribution in [1.82, 2.24) is 4.57 Å². The van der Waals surface area contributed by atoms with E-state index in [2.05, 4.69) is 4.99 Å². The van der Waals surface area contributed by atoms with Gasteiger partial charge < -0.3 is 23.5 Å². The topological polar surface area (TPSA) is 88.4 Å². The molecular formula is C21H18N2O6S. The van der Waals surface area contributed by atoms with E-state index >= 15 is 0 Å². The number of esters is 1. The number of ether oxygens (including phenoxy) is 4. The number of benzene rings is 2. The van der Waals surface area contributed by atoms with Crippen LogP contribution in [0.15, 0.2) is 47.5 Å². The van der Waals surface area contributed by atoms with Crippen molar-refractivity contribution >= 4 is 39.5 Å². The Kier molecular flexibility index (Phi) is 5.53. The predicted molar refractivity (Wildman–Crippen MR) is 111 cm³/mol. The maximum Gasteiger partial charge on any atom is 0.325 e. The number of methoxy groups -OCH3 is 2. The summed E-state index contributed by atoms with van der Waals surface area (Å²) in [7, 11) is 2.89. The lowest BCUT2D eigenvalue weighted by Gasteiger charge is -2.04. The number of hydrogen-bond acceptors (Lipinski definition) is 7. The molecule has 1 aliphatic heterocycles. The van der Waals surface area contributed by atoms with Gasteiger partial charge in [-0.3, -0.25) is 9.59 Å². The van der Waals surface area contributed by atoms with Crippen molar-refractivity contribution in [3.05, 3.63) is 52.8 Å². The van der Waals surface area contributed by atoms with E-state index in [1.54, 1.807) is 36.0 Å². The third-order valence-electron chi connectivity index (χ3n) is 4.43. The third-order valence-corrected chi connectivity index (χ3v) is 5.47. The number of rotatable bonds is 5. The van der Waals surface area contributed by atoms with Gasteiger partial charge in [0.25, 0.3) is 5.91 Å². The normalized spacial score (nSPS) is 13.2. The van der Waals surface area contributed by atoms with Gasteiger partial charge in [-0.25, -0.2) is 0 Å². The maximum absolute atomic E-state index is 12.5. The fourth-order valence-corrected chi connectivity index (χ4v) is 3.99. The molecule has 3 aromatic rings. The first-order valence-corrected chi connectivity index (χ1v) is 9.79. The van der Waals surface area contributed by atoms with Crippen LogP contribution in [0.3, 0.4) is 0 Å². The first-order valence-electron chi connectivity index (χ1n) is 8.98. The largest absolute Gasteiger partial charge is 0.497 e. The van der Waals surface area contributed by atoms with Gasteiger partial charge in [-0.15, -0.1) is 0 Å². The van der Waals surface area contributed by atoms with E-state index in [1.165, 1.54) is 24.5 Å². The summed E-state index contributed by atoms with van der Waals surface area (Å²) < 4.78 is 23.1. The highest BCUT2D eigenvalue weighted by molar-refractivity contribution is 7.16. The van der Waals surface area contributed by atoms with Crippen LogP contribution in [0.2, 0.25) is 0 Å². The molecule has 0 spiro atoms. The van der Waals surface area contributed by atoms with Crippen LogP contribution in [0, 0.1) is 0 Å². The molecule has 4 rings (SSSR count). The molecule has 9 heteroatoms. The molecule has 1 aliphatic rings. The molecule has 0 fully saturated rings. The molecule has 30 heavy (non-hydrogen) atoms. The SMILES string of the molecule is COC(=O)Cn1c(=NC(=O)/C=C\c2ccc3c(c2)OCO3)sc2cc(OC)ccc21. The Hall–Kier alpha value is -3.59. The monoisotopic (exact) mass is 426 g/mol. The second kappa shape index (κ2) is 8.42. The summed E-state index contributed by atoms with van der Waals surface area (Å²) >= 11 is 1.29. The lowest BCUT2D eigenvalue weighted by molar-refractivity contribution is -0.141. The predicted octanol–water partition coefficient (Wildman–Crippen LogP) is 2.75. The average Bonchev–Trinajstić information content (AvgIpc) is 3.35. The summed E-state index contributed by atoms with van der Waals surface area (Å²) in [6.45, 7) is 0.133. The van der Waals surface area contributed by atoms with E-state index in [9.17, 15) is 9.59 Å².